The molecule has 0 spiro atoms. The average Bonchev–Trinajstić information content (AvgIpc) is 2.53. The SMILES string of the molecule is CN(Cc1ccc(C(C)(C)C)cc1)C(=O)c1ccc(NS(C)(=O)=O)cc1. The van der Waals surface area contributed by atoms with Gasteiger partial charge in [0, 0.05) is 24.8 Å². The van der Waals surface area contributed by atoms with Crippen molar-refractivity contribution in [2.75, 3.05) is 18.0 Å². The fourth-order valence-corrected chi connectivity index (χ4v) is 3.14. The highest BCUT2D eigenvalue weighted by atomic mass is 32.2. The van der Waals surface area contributed by atoms with Gasteiger partial charge in [0.1, 0.15) is 0 Å². The van der Waals surface area contributed by atoms with E-state index in [4.69, 9.17) is 0 Å². The Hall–Kier alpha value is -2.34. The zero-order chi connectivity index (χ0) is 19.5. The monoisotopic (exact) mass is 374 g/mol. The molecule has 2 aromatic carbocycles. The molecule has 0 saturated carbocycles. The number of rotatable bonds is 5. The van der Waals surface area contributed by atoms with Crippen molar-refractivity contribution >= 4 is 21.6 Å². The minimum absolute atomic E-state index is 0.0992. The van der Waals surface area contributed by atoms with Gasteiger partial charge in [-0.15, -0.1) is 0 Å². The first-order chi connectivity index (χ1) is 12.0. The Morgan fingerprint density at radius 3 is 2.00 bits per heavy atom. The van der Waals surface area contributed by atoms with Crippen LogP contribution in [0.2, 0.25) is 0 Å². The molecule has 0 aliphatic carbocycles. The maximum absolute atomic E-state index is 12.6. The summed E-state index contributed by atoms with van der Waals surface area (Å²) in [7, 11) is -1.57. The average molecular weight is 375 g/mol. The fraction of sp³-hybridized carbons (Fsp3) is 0.350. The molecular weight excluding hydrogens is 348 g/mol. The second-order valence-corrected chi connectivity index (χ2v) is 9.31. The molecule has 140 valence electrons. The molecule has 0 aromatic heterocycles. The summed E-state index contributed by atoms with van der Waals surface area (Å²) in [6.45, 7) is 7.01. The normalized spacial score (nSPS) is 11.9. The highest BCUT2D eigenvalue weighted by molar-refractivity contribution is 7.92. The van der Waals surface area contributed by atoms with Crippen LogP contribution in [0.5, 0.6) is 0 Å². The van der Waals surface area contributed by atoms with E-state index in [1.54, 1.807) is 36.2 Å². The van der Waals surface area contributed by atoms with Crippen LogP contribution in [0.4, 0.5) is 5.69 Å². The van der Waals surface area contributed by atoms with Gasteiger partial charge in [0.15, 0.2) is 0 Å². The minimum atomic E-state index is -3.33. The predicted octanol–water partition coefficient (Wildman–Crippen LogP) is 3.63. The Morgan fingerprint density at radius 1 is 1.00 bits per heavy atom. The first-order valence-electron chi connectivity index (χ1n) is 8.38. The van der Waals surface area contributed by atoms with E-state index in [1.165, 1.54) is 5.56 Å². The largest absolute Gasteiger partial charge is 0.337 e. The quantitative estimate of drug-likeness (QED) is 0.869. The number of nitrogens with zero attached hydrogens (tertiary/aromatic N) is 1. The van der Waals surface area contributed by atoms with Gasteiger partial charge < -0.3 is 4.90 Å². The molecule has 5 nitrogen and oxygen atoms in total. The molecule has 1 N–H and O–H groups in total. The molecule has 26 heavy (non-hydrogen) atoms. The maximum atomic E-state index is 12.6. The Bertz CT molecular complexity index is 865. The molecule has 0 bridgehead atoms. The van der Waals surface area contributed by atoms with Crippen molar-refractivity contribution in [2.45, 2.75) is 32.7 Å². The van der Waals surface area contributed by atoms with E-state index in [-0.39, 0.29) is 11.3 Å². The summed E-state index contributed by atoms with van der Waals surface area (Å²) in [6.07, 6.45) is 1.09. The highest BCUT2D eigenvalue weighted by Crippen LogP contribution is 2.22. The Morgan fingerprint density at radius 2 is 1.54 bits per heavy atom. The molecule has 0 heterocycles. The van der Waals surface area contributed by atoms with Gasteiger partial charge in [0.25, 0.3) is 5.91 Å². The maximum Gasteiger partial charge on any atom is 0.253 e. The molecule has 0 aliphatic heterocycles. The summed E-state index contributed by atoms with van der Waals surface area (Å²) in [5.74, 6) is -0.115. The van der Waals surface area contributed by atoms with Crippen LogP contribution in [-0.4, -0.2) is 32.5 Å². The summed E-state index contributed by atoms with van der Waals surface area (Å²) in [6, 6.07) is 14.7. The van der Waals surface area contributed by atoms with Crippen molar-refractivity contribution in [3.63, 3.8) is 0 Å². The third-order valence-electron chi connectivity index (χ3n) is 4.02. The summed E-state index contributed by atoms with van der Waals surface area (Å²) in [5, 5.41) is 0. The number of hydrogen-bond acceptors (Lipinski definition) is 3. The highest BCUT2D eigenvalue weighted by Gasteiger charge is 2.15. The lowest BCUT2D eigenvalue weighted by Gasteiger charge is -2.21. The first kappa shape index (κ1) is 20.0. The summed E-state index contributed by atoms with van der Waals surface area (Å²) in [5.41, 5.74) is 3.36. The van der Waals surface area contributed by atoms with Crippen LogP contribution in [0, 0.1) is 0 Å². The van der Waals surface area contributed by atoms with Crippen LogP contribution >= 0.6 is 0 Å². The summed E-state index contributed by atoms with van der Waals surface area (Å²) in [4.78, 5) is 14.2. The van der Waals surface area contributed by atoms with E-state index in [2.05, 4.69) is 37.6 Å². The summed E-state index contributed by atoms with van der Waals surface area (Å²) >= 11 is 0. The van der Waals surface area contributed by atoms with Crippen molar-refractivity contribution in [1.29, 1.82) is 0 Å². The molecule has 0 unspecified atom stereocenters. The van der Waals surface area contributed by atoms with E-state index >= 15 is 0 Å². The van der Waals surface area contributed by atoms with Crippen LogP contribution in [0.15, 0.2) is 48.5 Å². The predicted molar refractivity (Wildman–Crippen MR) is 106 cm³/mol. The molecule has 0 radical (unpaired) electrons. The topological polar surface area (TPSA) is 66.5 Å². The van der Waals surface area contributed by atoms with Gasteiger partial charge >= 0.3 is 0 Å². The third kappa shape index (κ3) is 5.59. The lowest BCUT2D eigenvalue weighted by molar-refractivity contribution is 0.0785. The molecule has 0 aliphatic rings. The van der Waals surface area contributed by atoms with Crippen LogP contribution in [0.3, 0.4) is 0 Å². The number of nitrogens with one attached hydrogen (secondary N) is 1. The van der Waals surface area contributed by atoms with Crippen molar-refractivity contribution in [3.8, 4) is 0 Å². The number of amides is 1. The smallest absolute Gasteiger partial charge is 0.253 e. The number of carbonyl (C=O) groups excluding carboxylic acids is 1. The minimum Gasteiger partial charge on any atom is -0.337 e. The van der Waals surface area contributed by atoms with E-state index in [0.29, 0.717) is 17.8 Å². The van der Waals surface area contributed by atoms with Crippen LogP contribution in [-0.2, 0) is 22.0 Å². The lowest BCUT2D eigenvalue weighted by atomic mass is 9.87. The molecule has 0 saturated heterocycles. The third-order valence-corrected chi connectivity index (χ3v) is 4.63. The van der Waals surface area contributed by atoms with Crippen molar-refractivity contribution < 1.29 is 13.2 Å². The van der Waals surface area contributed by atoms with E-state index in [1.807, 2.05) is 12.1 Å². The Balaban J connectivity index is 2.05. The number of carbonyl (C=O) groups is 1. The zero-order valence-electron chi connectivity index (χ0n) is 15.9. The van der Waals surface area contributed by atoms with Gasteiger partial charge in [-0.25, -0.2) is 8.42 Å². The van der Waals surface area contributed by atoms with E-state index < -0.39 is 10.0 Å². The Kier molecular flexibility index (Phi) is 5.76. The number of anilines is 1. The van der Waals surface area contributed by atoms with Crippen molar-refractivity contribution in [2.24, 2.45) is 0 Å². The van der Waals surface area contributed by atoms with Crippen molar-refractivity contribution in [3.05, 3.63) is 65.2 Å². The number of hydrogen-bond donors (Lipinski definition) is 1. The lowest BCUT2D eigenvalue weighted by Crippen LogP contribution is -2.26. The van der Waals surface area contributed by atoms with Gasteiger partial charge in [0.2, 0.25) is 10.0 Å². The van der Waals surface area contributed by atoms with Crippen LogP contribution < -0.4 is 4.72 Å². The van der Waals surface area contributed by atoms with E-state index in [9.17, 15) is 13.2 Å². The van der Waals surface area contributed by atoms with Gasteiger partial charge in [-0.1, -0.05) is 45.0 Å². The summed E-state index contributed by atoms with van der Waals surface area (Å²) < 4.78 is 24.8. The molecule has 2 aromatic rings. The molecule has 1 amide bonds. The first-order valence-corrected chi connectivity index (χ1v) is 10.3. The second kappa shape index (κ2) is 7.50. The van der Waals surface area contributed by atoms with Gasteiger partial charge in [0.05, 0.1) is 6.26 Å². The van der Waals surface area contributed by atoms with Gasteiger partial charge in [-0.2, -0.15) is 0 Å². The molecule has 6 heteroatoms. The molecule has 2 rings (SSSR count). The van der Waals surface area contributed by atoms with Crippen LogP contribution in [0.1, 0.15) is 42.3 Å². The fourth-order valence-electron chi connectivity index (χ4n) is 2.57. The van der Waals surface area contributed by atoms with E-state index in [0.717, 1.165) is 11.8 Å². The number of sulfonamides is 1. The zero-order valence-corrected chi connectivity index (χ0v) is 16.7. The van der Waals surface area contributed by atoms with Crippen molar-refractivity contribution in [1.82, 2.24) is 4.90 Å². The van der Waals surface area contributed by atoms with Crippen LogP contribution in [0.25, 0.3) is 0 Å². The molecule has 0 fully saturated rings. The Labute approximate surface area is 156 Å². The van der Waals surface area contributed by atoms with Gasteiger partial charge in [-0.05, 0) is 40.8 Å². The van der Waals surface area contributed by atoms with Gasteiger partial charge in [-0.3, -0.25) is 9.52 Å². The molecular formula is C20H26N2O3S. The standard InChI is InChI=1S/C20H26N2O3S/c1-20(2,3)17-10-6-15(7-11-17)14-22(4)19(23)16-8-12-18(13-9-16)21-26(5,24)25/h6-13,21H,14H2,1-5H3. The second-order valence-electron chi connectivity index (χ2n) is 7.56. The molecule has 0 atom stereocenters. The number of benzene rings is 2.